The number of methoxy groups -OCH3 is 3. The van der Waals surface area contributed by atoms with E-state index < -0.39 is 0 Å². The Bertz CT molecular complexity index is 1500. The summed E-state index contributed by atoms with van der Waals surface area (Å²) in [5.74, 6) is 2.02. The Labute approximate surface area is 227 Å². The average Bonchev–Trinajstić information content (AvgIpc) is 3.37. The van der Waals surface area contributed by atoms with Gasteiger partial charge in [0.15, 0.2) is 11.5 Å². The van der Waals surface area contributed by atoms with Crippen LogP contribution in [0.1, 0.15) is 52.6 Å². The van der Waals surface area contributed by atoms with Gasteiger partial charge in [-0.25, -0.2) is 4.98 Å². The van der Waals surface area contributed by atoms with E-state index in [-0.39, 0.29) is 5.78 Å². The SMILES string of the molecule is CCCCn1c(-c2cc(OC)c(OC)c(OC)c2)nc2c1C(=O)c1ccccc1/C2=N\OCc1ccccc1. The standard InChI is InChI=1S/C31H31N3O5/c1-5-6-16-34-28-27(32-31(34)21-17-24(36-2)30(38-4)25(18-21)37-3)26(22-14-10-11-15-23(22)29(28)35)33-39-19-20-12-8-7-9-13-20/h7-15,17-18H,5-6,16,19H2,1-4H3/b33-26+. The van der Waals surface area contributed by atoms with E-state index >= 15 is 0 Å². The Morgan fingerprint density at radius 2 is 1.54 bits per heavy atom. The minimum absolute atomic E-state index is 0.0927. The molecule has 0 saturated heterocycles. The fourth-order valence-electron chi connectivity index (χ4n) is 4.79. The molecule has 0 amide bonds. The molecule has 0 bridgehead atoms. The highest BCUT2D eigenvalue weighted by atomic mass is 16.6. The lowest BCUT2D eigenvalue weighted by atomic mass is 9.89. The molecule has 1 aliphatic carbocycles. The number of aromatic nitrogens is 2. The maximum atomic E-state index is 13.9. The quantitative estimate of drug-likeness (QED) is 0.212. The van der Waals surface area contributed by atoms with Gasteiger partial charge in [-0.2, -0.15) is 0 Å². The highest BCUT2D eigenvalue weighted by Gasteiger charge is 2.35. The molecule has 5 rings (SSSR count). The van der Waals surface area contributed by atoms with Crippen molar-refractivity contribution in [2.24, 2.45) is 5.16 Å². The van der Waals surface area contributed by atoms with E-state index in [1.165, 1.54) is 0 Å². The van der Waals surface area contributed by atoms with E-state index in [4.69, 9.17) is 24.0 Å². The topological polar surface area (TPSA) is 84.2 Å². The number of rotatable bonds is 10. The Hall–Kier alpha value is -4.59. The van der Waals surface area contributed by atoms with E-state index in [1.54, 1.807) is 21.3 Å². The molecule has 3 aromatic carbocycles. The van der Waals surface area contributed by atoms with Crippen molar-refractivity contribution < 1.29 is 23.8 Å². The minimum Gasteiger partial charge on any atom is -0.493 e. The van der Waals surface area contributed by atoms with Gasteiger partial charge in [-0.3, -0.25) is 4.79 Å². The smallest absolute Gasteiger partial charge is 0.212 e. The number of unbranched alkanes of at least 4 members (excludes halogenated alkanes) is 1. The van der Waals surface area contributed by atoms with Crippen molar-refractivity contribution >= 4 is 11.5 Å². The Morgan fingerprint density at radius 1 is 0.872 bits per heavy atom. The van der Waals surface area contributed by atoms with Crippen molar-refractivity contribution in [3.63, 3.8) is 0 Å². The van der Waals surface area contributed by atoms with Gasteiger partial charge in [-0.1, -0.05) is 73.1 Å². The Kier molecular flexibility index (Phi) is 7.63. The molecule has 0 spiro atoms. The molecule has 1 aliphatic rings. The summed E-state index contributed by atoms with van der Waals surface area (Å²) in [6.07, 6.45) is 1.82. The molecule has 1 heterocycles. The van der Waals surface area contributed by atoms with Crippen LogP contribution in [0.2, 0.25) is 0 Å². The first-order valence-electron chi connectivity index (χ1n) is 12.9. The largest absolute Gasteiger partial charge is 0.493 e. The first-order chi connectivity index (χ1) is 19.1. The van der Waals surface area contributed by atoms with Crippen molar-refractivity contribution in [1.82, 2.24) is 9.55 Å². The molecular formula is C31H31N3O5. The van der Waals surface area contributed by atoms with Crippen LogP contribution in [0.25, 0.3) is 11.4 Å². The fourth-order valence-corrected chi connectivity index (χ4v) is 4.79. The molecule has 200 valence electrons. The van der Waals surface area contributed by atoms with Crippen LogP contribution in [-0.4, -0.2) is 42.4 Å². The van der Waals surface area contributed by atoms with Gasteiger partial charge in [-0.05, 0) is 24.1 Å². The maximum Gasteiger partial charge on any atom is 0.212 e. The van der Waals surface area contributed by atoms with E-state index in [0.29, 0.717) is 64.5 Å². The summed E-state index contributed by atoms with van der Waals surface area (Å²) >= 11 is 0. The third-order valence-electron chi connectivity index (χ3n) is 6.72. The molecule has 0 unspecified atom stereocenters. The number of imidazole rings is 1. The van der Waals surface area contributed by atoms with Crippen LogP contribution in [-0.2, 0) is 18.0 Å². The highest BCUT2D eigenvalue weighted by Crippen LogP contribution is 2.42. The summed E-state index contributed by atoms with van der Waals surface area (Å²) in [6.45, 7) is 3.02. The van der Waals surface area contributed by atoms with Crippen molar-refractivity contribution in [2.45, 2.75) is 32.9 Å². The van der Waals surface area contributed by atoms with Gasteiger partial charge in [0, 0.05) is 23.2 Å². The van der Waals surface area contributed by atoms with Gasteiger partial charge < -0.3 is 23.6 Å². The number of oxime groups is 1. The van der Waals surface area contributed by atoms with Crippen LogP contribution in [0.4, 0.5) is 0 Å². The van der Waals surface area contributed by atoms with Crippen LogP contribution in [0, 0.1) is 0 Å². The monoisotopic (exact) mass is 525 g/mol. The number of benzene rings is 3. The van der Waals surface area contributed by atoms with Crippen molar-refractivity contribution in [2.75, 3.05) is 21.3 Å². The number of hydrogen-bond acceptors (Lipinski definition) is 7. The van der Waals surface area contributed by atoms with Gasteiger partial charge in [0.1, 0.15) is 29.5 Å². The molecule has 8 heteroatoms. The molecule has 0 aliphatic heterocycles. The lowest BCUT2D eigenvalue weighted by Gasteiger charge is -2.19. The Morgan fingerprint density at radius 3 is 2.18 bits per heavy atom. The highest BCUT2D eigenvalue weighted by molar-refractivity contribution is 6.29. The summed E-state index contributed by atoms with van der Waals surface area (Å²) in [6, 6.07) is 21.0. The van der Waals surface area contributed by atoms with E-state index in [9.17, 15) is 4.79 Å². The molecule has 1 aromatic heterocycles. The van der Waals surface area contributed by atoms with Crippen LogP contribution in [0.5, 0.6) is 17.2 Å². The lowest BCUT2D eigenvalue weighted by Crippen LogP contribution is -2.24. The number of carbonyl (C=O) groups excluding carboxylic acids is 1. The third kappa shape index (κ3) is 4.85. The first-order valence-corrected chi connectivity index (χ1v) is 12.9. The van der Waals surface area contributed by atoms with Crippen molar-refractivity contribution in [1.29, 1.82) is 0 Å². The zero-order valence-corrected chi connectivity index (χ0v) is 22.6. The molecule has 0 atom stereocenters. The number of ether oxygens (including phenoxy) is 3. The normalized spacial score (nSPS) is 13.1. The molecule has 0 fully saturated rings. The van der Waals surface area contributed by atoms with E-state index in [0.717, 1.165) is 24.0 Å². The van der Waals surface area contributed by atoms with Crippen molar-refractivity contribution in [3.8, 4) is 28.6 Å². The second kappa shape index (κ2) is 11.4. The zero-order valence-electron chi connectivity index (χ0n) is 22.6. The minimum atomic E-state index is -0.0927. The summed E-state index contributed by atoms with van der Waals surface area (Å²) in [4.78, 5) is 24.7. The summed E-state index contributed by atoms with van der Waals surface area (Å²) in [5.41, 5.74) is 4.51. The number of fused-ring (bicyclic) bond motifs is 2. The van der Waals surface area contributed by atoms with Gasteiger partial charge in [0.2, 0.25) is 11.5 Å². The number of carbonyl (C=O) groups is 1. The fraction of sp³-hybridized carbons (Fsp3) is 0.258. The summed E-state index contributed by atoms with van der Waals surface area (Å²) < 4.78 is 18.7. The number of nitrogens with zero attached hydrogens (tertiary/aromatic N) is 3. The molecular weight excluding hydrogens is 494 g/mol. The van der Waals surface area contributed by atoms with Gasteiger partial charge in [-0.15, -0.1) is 0 Å². The lowest BCUT2D eigenvalue weighted by molar-refractivity contribution is 0.102. The van der Waals surface area contributed by atoms with Gasteiger partial charge >= 0.3 is 0 Å². The molecule has 39 heavy (non-hydrogen) atoms. The van der Waals surface area contributed by atoms with E-state index in [2.05, 4.69) is 12.1 Å². The summed E-state index contributed by atoms with van der Waals surface area (Å²) in [5, 5.41) is 4.54. The first kappa shape index (κ1) is 26.0. The van der Waals surface area contributed by atoms with Gasteiger partial charge in [0.25, 0.3) is 0 Å². The summed E-state index contributed by atoms with van der Waals surface area (Å²) in [7, 11) is 4.71. The second-order valence-corrected chi connectivity index (χ2v) is 9.13. The molecule has 0 radical (unpaired) electrons. The maximum absolute atomic E-state index is 13.9. The molecule has 4 aromatic rings. The Balaban J connectivity index is 1.69. The average molecular weight is 526 g/mol. The second-order valence-electron chi connectivity index (χ2n) is 9.13. The van der Waals surface area contributed by atoms with Crippen LogP contribution >= 0.6 is 0 Å². The predicted octanol–water partition coefficient (Wildman–Crippen LogP) is 5.89. The molecule has 0 N–H and O–H groups in total. The van der Waals surface area contributed by atoms with Crippen LogP contribution < -0.4 is 14.2 Å². The van der Waals surface area contributed by atoms with Crippen LogP contribution in [0.15, 0.2) is 71.9 Å². The van der Waals surface area contributed by atoms with Crippen LogP contribution in [0.3, 0.4) is 0 Å². The predicted molar refractivity (Wildman–Crippen MR) is 149 cm³/mol. The molecule has 8 nitrogen and oxygen atoms in total. The van der Waals surface area contributed by atoms with Gasteiger partial charge in [0.05, 0.1) is 21.3 Å². The van der Waals surface area contributed by atoms with Crippen molar-refractivity contribution in [3.05, 3.63) is 94.8 Å². The zero-order chi connectivity index (χ0) is 27.4. The number of ketones is 1. The molecule has 0 saturated carbocycles. The third-order valence-corrected chi connectivity index (χ3v) is 6.72. The number of hydrogen-bond donors (Lipinski definition) is 0. The van der Waals surface area contributed by atoms with E-state index in [1.807, 2.05) is 71.3 Å².